The van der Waals surface area contributed by atoms with E-state index in [0.29, 0.717) is 4.90 Å². The van der Waals surface area contributed by atoms with Gasteiger partial charge in [0.05, 0.1) is 10.4 Å². The summed E-state index contributed by atoms with van der Waals surface area (Å²) in [6.45, 7) is 5.06. The van der Waals surface area contributed by atoms with Crippen molar-refractivity contribution in [2.45, 2.75) is 31.6 Å². The van der Waals surface area contributed by atoms with Crippen molar-refractivity contribution in [3.05, 3.63) is 29.8 Å². The van der Waals surface area contributed by atoms with Gasteiger partial charge in [0, 0.05) is 18.2 Å². The molecule has 0 amide bonds. The van der Waals surface area contributed by atoms with Crippen LogP contribution in [0.25, 0.3) is 10.9 Å². The number of rotatable bonds is 5. The highest BCUT2D eigenvalue weighted by Gasteiger charge is 2.10. The minimum absolute atomic E-state index is 0.336. The van der Waals surface area contributed by atoms with E-state index in [9.17, 15) is 8.42 Å². The van der Waals surface area contributed by atoms with Gasteiger partial charge in [-0.1, -0.05) is 13.8 Å². The van der Waals surface area contributed by atoms with Crippen LogP contribution in [0, 0.1) is 0 Å². The number of pyridine rings is 1. The third kappa shape index (κ3) is 3.10. The first-order chi connectivity index (χ1) is 9.45. The van der Waals surface area contributed by atoms with Crippen molar-refractivity contribution in [1.82, 2.24) is 4.98 Å². The van der Waals surface area contributed by atoms with Gasteiger partial charge in [-0.3, -0.25) is 0 Å². The molecule has 1 aromatic heterocycles. The van der Waals surface area contributed by atoms with E-state index in [2.05, 4.69) is 24.1 Å². The van der Waals surface area contributed by atoms with Crippen LogP contribution in [0.1, 0.15) is 25.8 Å². The van der Waals surface area contributed by atoms with Crippen molar-refractivity contribution in [3.8, 4) is 0 Å². The number of anilines is 1. The van der Waals surface area contributed by atoms with Gasteiger partial charge in [-0.2, -0.15) is 0 Å². The van der Waals surface area contributed by atoms with Crippen molar-refractivity contribution in [3.63, 3.8) is 0 Å². The van der Waals surface area contributed by atoms with E-state index in [4.69, 9.17) is 0 Å². The maximum atomic E-state index is 11.6. The van der Waals surface area contributed by atoms with Gasteiger partial charge in [-0.15, -0.1) is 0 Å². The lowest BCUT2D eigenvalue weighted by Gasteiger charge is -2.11. The zero-order valence-electron chi connectivity index (χ0n) is 12.1. The Balaban J connectivity index is 2.55. The molecule has 1 aromatic carbocycles. The normalized spacial score (nSPS) is 11.8. The Morgan fingerprint density at radius 2 is 1.95 bits per heavy atom. The summed E-state index contributed by atoms with van der Waals surface area (Å²) < 4.78 is 23.2. The SMILES string of the molecule is CCCNc1nc2ccc(S(C)(=O)=O)cc2cc1CC. The summed E-state index contributed by atoms with van der Waals surface area (Å²) in [5, 5.41) is 4.19. The van der Waals surface area contributed by atoms with Crippen molar-refractivity contribution in [1.29, 1.82) is 0 Å². The van der Waals surface area contributed by atoms with Crippen LogP contribution >= 0.6 is 0 Å². The predicted molar refractivity (Wildman–Crippen MR) is 83.0 cm³/mol. The van der Waals surface area contributed by atoms with Gasteiger partial charge in [0.1, 0.15) is 5.82 Å². The zero-order chi connectivity index (χ0) is 14.8. The van der Waals surface area contributed by atoms with E-state index in [1.807, 2.05) is 6.07 Å². The van der Waals surface area contributed by atoms with Gasteiger partial charge in [-0.05, 0) is 42.7 Å². The molecule has 2 rings (SSSR count). The topological polar surface area (TPSA) is 59.1 Å². The molecule has 0 fully saturated rings. The molecule has 1 N–H and O–H groups in total. The largest absolute Gasteiger partial charge is 0.370 e. The molecule has 0 bridgehead atoms. The lowest BCUT2D eigenvalue weighted by Crippen LogP contribution is -2.05. The van der Waals surface area contributed by atoms with Crippen LogP contribution in [0.3, 0.4) is 0 Å². The molecule has 0 aliphatic rings. The quantitative estimate of drug-likeness (QED) is 0.920. The summed E-state index contributed by atoms with van der Waals surface area (Å²) in [5.41, 5.74) is 1.92. The molecule has 108 valence electrons. The van der Waals surface area contributed by atoms with Gasteiger partial charge < -0.3 is 5.32 Å². The number of aryl methyl sites for hydroxylation is 1. The van der Waals surface area contributed by atoms with E-state index in [-0.39, 0.29) is 0 Å². The summed E-state index contributed by atoms with van der Waals surface area (Å²) in [4.78, 5) is 4.94. The third-order valence-corrected chi connectivity index (χ3v) is 4.33. The minimum atomic E-state index is -3.18. The highest BCUT2D eigenvalue weighted by atomic mass is 32.2. The second kappa shape index (κ2) is 5.79. The molecule has 0 saturated carbocycles. The number of hydrogen-bond acceptors (Lipinski definition) is 4. The molecule has 5 heteroatoms. The van der Waals surface area contributed by atoms with Crippen LogP contribution in [0.5, 0.6) is 0 Å². The minimum Gasteiger partial charge on any atom is -0.370 e. The van der Waals surface area contributed by atoms with Crippen molar-refractivity contribution < 1.29 is 8.42 Å². The number of sulfone groups is 1. The van der Waals surface area contributed by atoms with E-state index in [0.717, 1.165) is 41.7 Å². The monoisotopic (exact) mass is 292 g/mol. The fourth-order valence-electron chi connectivity index (χ4n) is 2.09. The second-order valence-corrected chi connectivity index (χ2v) is 6.92. The van der Waals surface area contributed by atoms with Crippen molar-refractivity contribution in [2.75, 3.05) is 18.1 Å². The van der Waals surface area contributed by atoms with E-state index < -0.39 is 9.84 Å². The van der Waals surface area contributed by atoms with Crippen molar-refractivity contribution >= 4 is 26.6 Å². The van der Waals surface area contributed by atoms with Crippen molar-refractivity contribution in [2.24, 2.45) is 0 Å². The molecule has 2 aromatic rings. The lowest BCUT2D eigenvalue weighted by atomic mass is 10.1. The van der Waals surface area contributed by atoms with E-state index in [1.165, 1.54) is 6.26 Å². The number of fused-ring (bicyclic) bond motifs is 1. The zero-order valence-corrected chi connectivity index (χ0v) is 12.9. The number of nitrogens with one attached hydrogen (secondary N) is 1. The molecule has 0 aliphatic heterocycles. The molecule has 0 atom stereocenters. The Morgan fingerprint density at radius 3 is 2.55 bits per heavy atom. The molecule has 1 heterocycles. The summed E-state index contributed by atoms with van der Waals surface area (Å²) >= 11 is 0. The molecule has 0 unspecified atom stereocenters. The third-order valence-electron chi connectivity index (χ3n) is 3.22. The maximum absolute atomic E-state index is 11.6. The Hall–Kier alpha value is -1.62. The van der Waals surface area contributed by atoms with Crippen LogP contribution in [-0.4, -0.2) is 26.2 Å². The van der Waals surface area contributed by atoms with E-state index in [1.54, 1.807) is 18.2 Å². The first kappa shape index (κ1) is 14.8. The number of aromatic nitrogens is 1. The van der Waals surface area contributed by atoms with Gasteiger partial charge in [0.25, 0.3) is 0 Å². The smallest absolute Gasteiger partial charge is 0.175 e. The van der Waals surface area contributed by atoms with Crippen LogP contribution in [0.2, 0.25) is 0 Å². The van der Waals surface area contributed by atoms with Gasteiger partial charge in [0.2, 0.25) is 0 Å². The fourth-order valence-corrected chi connectivity index (χ4v) is 2.75. The van der Waals surface area contributed by atoms with Crippen LogP contribution in [0.15, 0.2) is 29.2 Å². The highest BCUT2D eigenvalue weighted by molar-refractivity contribution is 7.90. The Labute approximate surface area is 120 Å². The molecular formula is C15H20N2O2S. The molecule has 0 saturated heterocycles. The first-order valence-corrected chi connectivity index (χ1v) is 8.72. The highest BCUT2D eigenvalue weighted by Crippen LogP contribution is 2.23. The molecule has 4 nitrogen and oxygen atoms in total. The fraction of sp³-hybridized carbons (Fsp3) is 0.400. The summed E-state index contributed by atoms with van der Waals surface area (Å²) in [7, 11) is -3.18. The van der Waals surface area contributed by atoms with Gasteiger partial charge >= 0.3 is 0 Å². The molecular weight excluding hydrogens is 272 g/mol. The molecule has 0 radical (unpaired) electrons. The van der Waals surface area contributed by atoms with Crippen LogP contribution in [-0.2, 0) is 16.3 Å². The average Bonchev–Trinajstić information content (AvgIpc) is 2.42. The summed E-state index contributed by atoms with van der Waals surface area (Å²) in [6.07, 6.45) is 3.12. The van der Waals surface area contributed by atoms with Crippen LogP contribution < -0.4 is 5.32 Å². The molecule has 0 aliphatic carbocycles. The van der Waals surface area contributed by atoms with Gasteiger partial charge in [-0.25, -0.2) is 13.4 Å². The Bertz CT molecular complexity index is 724. The number of benzene rings is 1. The first-order valence-electron chi connectivity index (χ1n) is 6.83. The van der Waals surface area contributed by atoms with Crippen LogP contribution in [0.4, 0.5) is 5.82 Å². The summed E-state index contributed by atoms with van der Waals surface area (Å²) in [6, 6.07) is 7.09. The molecule has 0 spiro atoms. The summed E-state index contributed by atoms with van der Waals surface area (Å²) in [5.74, 6) is 0.897. The Kier molecular flexibility index (Phi) is 4.28. The average molecular weight is 292 g/mol. The lowest BCUT2D eigenvalue weighted by molar-refractivity contribution is 0.602. The Morgan fingerprint density at radius 1 is 1.20 bits per heavy atom. The maximum Gasteiger partial charge on any atom is 0.175 e. The number of hydrogen-bond donors (Lipinski definition) is 1. The predicted octanol–water partition coefficient (Wildman–Crippen LogP) is 3.02. The second-order valence-electron chi connectivity index (χ2n) is 4.90. The van der Waals surface area contributed by atoms with Gasteiger partial charge in [0.15, 0.2) is 9.84 Å². The molecule has 20 heavy (non-hydrogen) atoms. The number of nitrogens with zero attached hydrogens (tertiary/aromatic N) is 1. The standard InChI is InChI=1S/C15H20N2O2S/c1-4-8-16-15-11(5-2)9-12-10-13(20(3,18)19)6-7-14(12)17-15/h6-7,9-10H,4-5,8H2,1-3H3,(H,16,17). The van der Waals surface area contributed by atoms with E-state index >= 15 is 0 Å².